The molecule has 0 saturated heterocycles. The second-order valence-electron chi connectivity index (χ2n) is 6.50. The smallest absolute Gasteiger partial charge is 0.123 e. The second kappa shape index (κ2) is 6.13. The van der Waals surface area contributed by atoms with Gasteiger partial charge in [0.25, 0.3) is 0 Å². The van der Waals surface area contributed by atoms with Crippen molar-refractivity contribution in [1.29, 1.82) is 0 Å². The fourth-order valence-electron chi connectivity index (χ4n) is 4.14. The molecule has 2 rings (SSSR count). The first-order valence-corrected chi connectivity index (χ1v) is 7.74. The van der Waals surface area contributed by atoms with Crippen LogP contribution < -0.4 is 10.6 Å². The van der Waals surface area contributed by atoms with E-state index < -0.39 is 0 Å². The van der Waals surface area contributed by atoms with E-state index in [1.54, 1.807) is 0 Å². The number of nitrogens with two attached hydrogens (primary N) is 1. The molecule has 2 unspecified atom stereocenters. The lowest BCUT2D eigenvalue weighted by atomic mass is 9.70. The van der Waals surface area contributed by atoms with Gasteiger partial charge < -0.3 is 10.6 Å². The number of hydrogen-bond acceptors (Lipinski definition) is 2. The fraction of sp³-hybridized carbons (Fsp3) is 0.647. The Kier molecular flexibility index (Phi) is 4.69. The summed E-state index contributed by atoms with van der Waals surface area (Å²) < 4.78 is 13.2. The molecule has 1 saturated carbocycles. The van der Waals surface area contributed by atoms with Crippen LogP contribution in [-0.2, 0) is 0 Å². The molecule has 2 N–H and O–H groups in total. The molecule has 0 aliphatic heterocycles. The van der Waals surface area contributed by atoms with Gasteiger partial charge in [0, 0.05) is 18.8 Å². The maximum Gasteiger partial charge on any atom is 0.123 e. The highest BCUT2D eigenvalue weighted by Crippen LogP contribution is 2.41. The van der Waals surface area contributed by atoms with Gasteiger partial charge in [0.05, 0.1) is 5.54 Å². The van der Waals surface area contributed by atoms with Crippen molar-refractivity contribution in [3.05, 3.63) is 30.1 Å². The summed E-state index contributed by atoms with van der Waals surface area (Å²) in [7, 11) is 0. The van der Waals surface area contributed by atoms with Crippen LogP contribution in [0.4, 0.5) is 10.1 Å². The monoisotopic (exact) mass is 278 g/mol. The van der Waals surface area contributed by atoms with E-state index in [-0.39, 0.29) is 11.4 Å². The molecule has 1 fully saturated rings. The molecule has 0 amide bonds. The van der Waals surface area contributed by atoms with E-state index in [4.69, 9.17) is 5.73 Å². The summed E-state index contributed by atoms with van der Waals surface area (Å²) >= 11 is 0. The predicted octanol–water partition coefficient (Wildman–Crippen LogP) is 3.81. The molecule has 1 aliphatic carbocycles. The summed E-state index contributed by atoms with van der Waals surface area (Å²) in [6.45, 7) is 8.36. The molecule has 0 heterocycles. The highest BCUT2D eigenvalue weighted by atomic mass is 19.1. The summed E-state index contributed by atoms with van der Waals surface area (Å²) in [6, 6.07) is 6.83. The SMILES string of the molecule is CCN(c1ccc(F)cc1)C1(CN)CC(C)CC(C)C1. The van der Waals surface area contributed by atoms with Crippen LogP contribution in [0.5, 0.6) is 0 Å². The molecule has 20 heavy (non-hydrogen) atoms. The second-order valence-corrected chi connectivity index (χ2v) is 6.50. The summed E-state index contributed by atoms with van der Waals surface area (Å²) in [5.41, 5.74) is 7.29. The van der Waals surface area contributed by atoms with E-state index in [0.29, 0.717) is 18.4 Å². The first kappa shape index (κ1) is 15.3. The molecule has 2 nitrogen and oxygen atoms in total. The first-order valence-electron chi connectivity index (χ1n) is 7.74. The van der Waals surface area contributed by atoms with Gasteiger partial charge in [-0.2, -0.15) is 0 Å². The molecule has 1 aromatic rings. The van der Waals surface area contributed by atoms with Gasteiger partial charge in [-0.05, 0) is 62.3 Å². The summed E-state index contributed by atoms with van der Waals surface area (Å²) in [5.74, 6) is 1.20. The highest BCUT2D eigenvalue weighted by molar-refractivity contribution is 5.49. The van der Waals surface area contributed by atoms with Crippen LogP contribution in [0.15, 0.2) is 24.3 Å². The van der Waals surface area contributed by atoms with Crippen LogP contribution >= 0.6 is 0 Å². The Morgan fingerprint density at radius 3 is 2.20 bits per heavy atom. The lowest BCUT2D eigenvalue weighted by molar-refractivity contribution is 0.178. The van der Waals surface area contributed by atoms with Crippen molar-refractivity contribution in [3.63, 3.8) is 0 Å². The third-order valence-corrected chi connectivity index (χ3v) is 4.67. The van der Waals surface area contributed by atoms with Crippen molar-refractivity contribution in [3.8, 4) is 0 Å². The van der Waals surface area contributed by atoms with E-state index in [1.807, 2.05) is 12.1 Å². The van der Waals surface area contributed by atoms with Gasteiger partial charge in [-0.25, -0.2) is 4.39 Å². The van der Waals surface area contributed by atoms with E-state index in [0.717, 1.165) is 25.1 Å². The topological polar surface area (TPSA) is 29.3 Å². The number of hydrogen-bond donors (Lipinski definition) is 1. The van der Waals surface area contributed by atoms with Gasteiger partial charge >= 0.3 is 0 Å². The molecule has 2 atom stereocenters. The largest absolute Gasteiger partial charge is 0.365 e. The lowest BCUT2D eigenvalue weighted by Gasteiger charge is -2.50. The van der Waals surface area contributed by atoms with Crippen LogP contribution in [-0.4, -0.2) is 18.6 Å². The van der Waals surface area contributed by atoms with E-state index in [9.17, 15) is 4.39 Å². The Balaban J connectivity index is 2.33. The molecular formula is C17H27FN2. The minimum absolute atomic E-state index is 0.0175. The van der Waals surface area contributed by atoms with Crippen molar-refractivity contribution < 1.29 is 4.39 Å². The molecule has 0 spiro atoms. The van der Waals surface area contributed by atoms with E-state index in [1.165, 1.54) is 18.6 Å². The summed E-state index contributed by atoms with van der Waals surface area (Å²) in [6.07, 6.45) is 3.53. The Morgan fingerprint density at radius 2 is 1.75 bits per heavy atom. The van der Waals surface area contributed by atoms with Crippen LogP contribution in [0.2, 0.25) is 0 Å². The number of anilines is 1. The number of rotatable bonds is 4. The van der Waals surface area contributed by atoms with E-state index >= 15 is 0 Å². The number of benzene rings is 1. The standard InChI is InChI=1S/C17H27FN2/c1-4-20(16-7-5-15(18)6-8-16)17(12-19)10-13(2)9-14(3)11-17/h5-8,13-14H,4,9-12,19H2,1-3H3. The maximum atomic E-state index is 13.2. The predicted molar refractivity (Wildman–Crippen MR) is 83.4 cm³/mol. The fourth-order valence-corrected chi connectivity index (χ4v) is 4.14. The molecule has 1 aromatic carbocycles. The zero-order chi connectivity index (χ0) is 14.8. The van der Waals surface area contributed by atoms with Gasteiger partial charge in [-0.3, -0.25) is 0 Å². The van der Waals surface area contributed by atoms with Crippen LogP contribution in [0.3, 0.4) is 0 Å². The summed E-state index contributed by atoms with van der Waals surface area (Å²) in [4.78, 5) is 2.39. The average Bonchev–Trinajstić information content (AvgIpc) is 2.40. The van der Waals surface area contributed by atoms with Gasteiger partial charge in [-0.1, -0.05) is 13.8 Å². The van der Waals surface area contributed by atoms with Crippen molar-refractivity contribution >= 4 is 5.69 Å². The quantitative estimate of drug-likeness (QED) is 0.907. The normalized spacial score (nSPS) is 30.2. The molecule has 0 aromatic heterocycles. The lowest BCUT2D eigenvalue weighted by Crippen LogP contribution is -2.57. The van der Waals surface area contributed by atoms with Crippen LogP contribution in [0, 0.1) is 17.7 Å². The Morgan fingerprint density at radius 1 is 1.20 bits per heavy atom. The molecule has 0 radical (unpaired) electrons. The molecule has 1 aliphatic rings. The molecule has 3 heteroatoms. The van der Waals surface area contributed by atoms with E-state index in [2.05, 4.69) is 25.7 Å². The molecule has 0 bridgehead atoms. The minimum Gasteiger partial charge on any atom is -0.365 e. The van der Waals surface area contributed by atoms with Gasteiger partial charge in [0.15, 0.2) is 0 Å². The molecular weight excluding hydrogens is 251 g/mol. The van der Waals surface area contributed by atoms with Crippen molar-refractivity contribution in [1.82, 2.24) is 0 Å². The van der Waals surface area contributed by atoms with Gasteiger partial charge in [0.1, 0.15) is 5.82 Å². The minimum atomic E-state index is -0.183. The van der Waals surface area contributed by atoms with Gasteiger partial charge in [0.2, 0.25) is 0 Å². The first-order chi connectivity index (χ1) is 9.50. The number of halogens is 1. The Hall–Kier alpha value is -1.09. The van der Waals surface area contributed by atoms with Crippen molar-refractivity contribution in [2.45, 2.75) is 45.6 Å². The Labute approximate surface area is 122 Å². The zero-order valence-corrected chi connectivity index (χ0v) is 12.9. The maximum absolute atomic E-state index is 13.2. The third-order valence-electron chi connectivity index (χ3n) is 4.67. The number of nitrogens with zero attached hydrogens (tertiary/aromatic N) is 1. The van der Waals surface area contributed by atoms with Crippen LogP contribution in [0.25, 0.3) is 0 Å². The average molecular weight is 278 g/mol. The Bertz CT molecular complexity index is 419. The molecule has 112 valence electrons. The van der Waals surface area contributed by atoms with Crippen LogP contribution in [0.1, 0.15) is 40.0 Å². The highest BCUT2D eigenvalue weighted by Gasteiger charge is 2.41. The number of likely N-dealkylation sites (N-methyl/N-ethyl adjacent to an activating group) is 1. The van der Waals surface area contributed by atoms with Crippen molar-refractivity contribution in [2.24, 2.45) is 17.6 Å². The third kappa shape index (κ3) is 2.98. The van der Waals surface area contributed by atoms with Gasteiger partial charge in [-0.15, -0.1) is 0 Å². The zero-order valence-electron chi connectivity index (χ0n) is 12.9. The van der Waals surface area contributed by atoms with Crippen molar-refractivity contribution in [2.75, 3.05) is 18.0 Å². The summed E-state index contributed by atoms with van der Waals surface area (Å²) in [5, 5.41) is 0.